The summed E-state index contributed by atoms with van der Waals surface area (Å²) in [5.41, 5.74) is -3.54. The minimum absolute atomic E-state index is 0.00127. The molecule has 3 saturated carbocycles. The van der Waals surface area contributed by atoms with E-state index in [1.54, 1.807) is 20.8 Å². The summed E-state index contributed by atoms with van der Waals surface area (Å²) in [6.45, 7) is 12.7. The van der Waals surface area contributed by atoms with Gasteiger partial charge in [0.2, 0.25) is 12.1 Å². The molecule has 1 N–H and O–H groups in total. The number of hydrogen-bond acceptors (Lipinski definition) is 8. The van der Waals surface area contributed by atoms with E-state index in [1.807, 2.05) is 27.7 Å². The monoisotopic (exact) mass is 564 g/mol. The van der Waals surface area contributed by atoms with Crippen molar-refractivity contribution in [3.63, 3.8) is 0 Å². The highest BCUT2D eigenvalue weighted by Crippen LogP contribution is 2.70. The Morgan fingerprint density at radius 3 is 2.49 bits per heavy atom. The molecule has 39 heavy (non-hydrogen) atoms. The Balaban J connectivity index is 1.65. The first-order valence-corrected chi connectivity index (χ1v) is 14.5. The lowest BCUT2D eigenvalue weighted by atomic mass is 9.45. The summed E-state index contributed by atoms with van der Waals surface area (Å²) in [5, 5.41) is 11.9. The molecule has 4 rings (SSSR count). The maximum Gasteiger partial charge on any atom is 0.312 e. The zero-order valence-corrected chi connectivity index (χ0v) is 24.7. The molecule has 216 valence electrons. The topological polar surface area (TPSA) is 99.1 Å². The lowest BCUT2D eigenvalue weighted by Gasteiger charge is -2.61. The molecule has 0 heterocycles. The Labute approximate surface area is 235 Å². The van der Waals surface area contributed by atoms with Gasteiger partial charge in [0.25, 0.3) is 0 Å². The van der Waals surface area contributed by atoms with Crippen LogP contribution in [0.1, 0.15) is 80.6 Å². The lowest BCUT2D eigenvalue weighted by molar-refractivity contribution is -0.204. The van der Waals surface area contributed by atoms with E-state index in [4.69, 9.17) is 26.4 Å². The van der Waals surface area contributed by atoms with Crippen molar-refractivity contribution in [2.24, 2.45) is 40.4 Å². The quantitative estimate of drug-likeness (QED) is 0.261. The second kappa shape index (κ2) is 10.4. The third-order valence-electron chi connectivity index (χ3n) is 9.85. The molecule has 0 bridgehead atoms. The Morgan fingerprint density at radius 1 is 1.21 bits per heavy atom. The molecule has 0 aromatic heterocycles. The molecule has 0 aliphatic heterocycles. The van der Waals surface area contributed by atoms with Crippen LogP contribution >= 0.6 is 12.2 Å². The Hall–Kier alpha value is -2.13. The number of hydrogen-bond donors (Lipinski definition) is 1. The third kappa shape index (κ3) is 4.67. The van der Waals surface area contributed by atoms with Gasteiger partial charge in [-0.2, -0.15) is 0 Å². The van der Waals surface area contributed by atoms with Gasteiger partial charge in [-0.15, -0.1) is 0 Å². The molecule has 0 spiro atoms. The van der Waals surface area contributed by atoms with Crippen LogP contribution in [-0.2, 0) is 28.6 Å². The minimum atomic E-state index is -2.11. The van der Waals surface area contributed by atoms with Crippen molar-refractivity contribution in [1.82, 2.24) is 0 Å². The van der Waals surface area contributed by atoms with Crippen LogP contribution in [0.25, 0.3) is 0 Å². The maximum absolute atomic E-state index is 17.6. The molecular weight excluding hydrogens is 523 g/mol. The van der Waals surface area contributed by atoms with Gasteiger partial charge < -0.3 is 19.3 Å². The average Bonchev–Trinajstić information content (AvgIpc) is 3.10. The van der Waals surface area contributed by atoms with E-state index in [-0.39, 0.29) is 36.4 Å². The zero-order chi connectivity index (χ0) is 29.1. The van der Waals surface area contributed by atoms with Gasteiger partial charge in [0.05, 0.1) is 12.0 Å². The smallest absolute Gasteiger partial charge is 0.312 e. The second-order valence-electron chi connectivity index (χ2n) is 12.6. The number of halogens is 1. The van der Waals surface area contributed by atoms with E-state index in [0.29, 0.717) is 29.9 Å². The number of fused-ring (bicyclic) bond motifs is 5. The molecule has 0 saturated heterocycles. The van der Waals surface area contributed by atoms with Gasteiger partial charge in [-0.3, -0.25) is 14.4 Å². The number of aliphatic hydroxyl groups is 1. The molecule has 9 atom stereocenters. The van der Waals surface area contributed by atoms with Crippen LogP contribution in [0.4, 0.5) is 4.39 Å². The molecular formula is C30H41FO7S. The normalized spacial score (nSPS) is 39.9. The number of aliphatic hydroxyl groups excluding tert-OH is 1. The Morgan fingerprint density at radius 2 is 1.87 bits per heavy atom. The highest BCUT2D eigenvalue weighted by atomic mass is 32.1. The molecule has 1 unspecified atom stereocenters. The van der Waals surface area contributed by atoms with E-state index < -0.39 is 58.5 Å². The van der Waals surface area contributed by atoms with Crippen LogP contribution in [0.2, 0.25) is 0 Å². The van der Waals surface area contributed by atoms with E-state index in [0.717, 1.165) is 0 Å². The molecule has 3 fully saturated rings. The number of ether oxygens (including phenoxy) is 3. The number of carbonyl (C=O) groups excluding carboxylic acids is 3. The number of ketones is 1. The van der Waals surface area contributed by atoms with Crippen LogP contribution in [0.3, 0.4) is 0 Å². The molecule has 4 aliphatic rings. The minimum Gasteiger partial charge on any atom is -0.448 e. The Bertz CT molecular complexity index is 1130. The van der Waals surface area contributed by atoms with Crippen molar-refractivity contribution in [1.29, 1.82) is 0 Å². The number of rotatable bonds is 6. The summed E-state index contributed by atoms with van der Waals surface area (Å²) >= 11 is 5.23. The summed E-state index contributed by atoms with van der Waals surface area (Å²) in [6.07, 6.45) is 2.18. The van der Waals surface area contributed by atoms with Crippen molar-refractivity contribution >= 4 is 35.0 Å². The van der Waals surface area contributed by atoms with Gasteiger partial charge in [0, 0.05) is 30.6 Å². The fourth-order valence-electron chi connectivity index (χ4n) is 7.98. The predicted molar refractivity (Wildman–Crippen MR) is 146 cm³/mol. The van der Waals surface area contributed by atoms with Gasteiger partial charge in [0.15, 0.2) is 16.5 Å². The highest BCUT2D eigenvalue weighted by Gasteiger charge is 2.72. The first-order chi connectivity index (χ1) is 18.1. The van der Waals surface area contributed by atoms with Gasteiger partial charge in [0.1, 0.15) is 0 Å². The van der Waals surface area contributed by atoms with Crippen molar-refractivity contribution < 1.29 is 38.1 Å². The number of esters is 2. The lowest BCUT2D eigenvalue weighted by Crippen LogP contribution is -2.67. The summed E-state index contributed by atoms with van der Waals surface area (Å²) in [6, 6.07) is 0. The number of thiocarbonyl (C=S) groups is 1. The summed E-state index contributed by atoms with van der Waals surface area (Å²) < 4.78 is 34.2. The van der Waals surface area contributed by atoms with Crippen LogP contribution < -0.4 is 0 Å². The molecule has 0 aromatic rings. The molecule has 0 radical (unpaired) electrons. The van der Waals surface area contributed by atoms with Crippen LogP contribution in [-0.4, -0.2) is 45.9 Å². The summed E-state index contributed by atoms with van der Waals surface area (Å²) in [5.74, 6) is -3.07. The van der Waals surface area contributed by atoms with E-state index in [9.17, 15) is 19.5 Å². The van der Waals surface area contributed by atoms with Crippen molar-refractivity contribution in [2.45, 2.75) is 98.6 Å². The number of alkyl halides is 1. The molecule has 0 aromatic carbocycles. The summed E-state index contributed by atoms with van der Waals surface area (Å²) in [4.78, 5) is 38.2. The van der Waals surface area contributed by atoms with E-state index in [1.165, 1.54) is 12.2 Å². The van der Waals surface area contributed by atoms with Gasteiger partial charge in [-0.25, -0.2) is 4.39 Å². The standard InChI is InChI=1S/C30H41FO7S/c1-8-24(34)38-22-13-29(7)18(12-21(22)32)9-10-19-20-11-16(4)25(28(20,6)14-23(33)30(19,29)31)26(35)36-17(5)37-27(39)15(2)3/h12-13,15-17,19-20,23,25,33H,8-11,14H2,1-7H3/t16-,17?,19-,20-,23-,25+,28-,29-,30-/m0/s1. The Kier molecular flexibility index (Phi) is 7.93. The zero-order valence-electron chi connectivity index (χ0n) is 23.9. The number of allylic oxidation sites excluding steroid dienone is 3. The number of carbonyl (C=O) groups is 3. The van der Waals surface area contributed by atoms with E-state index >= 15 is 4.39 Å². The van der Waals surface area contributed by atoms with Crippen LogP contribution in [0.15, 0.2) is 23.5 Å². The van der Waals surface area contributed by atoms with Crippen LogP contribution in [0, 0.1) is 40.4 Å². The van der Waals surface area contributed by atoms with Crippen LogP contribution in [0.5, 0.6) is 0 Å². The molecule has 0 amide bonds. The van der Waals surface area contributed by atoms with Crippen molar-refractivity contribution in [2.75, 3.05) is 0 Å². The van der Waals surface area contributed by atoms with Gasteiger partial charge in [-0.1, -0.05) is 40.2 Å². The predicted octanol–water partition coefficient (Wildman–Crippen LogP) is 5.39. The van der Waals surface area contributed by atoms with Crippen molar-refractivity contribution in [3.05, 3.63) is 23.5 Å². The summed E-state index contributed by atoms with van der Waals surface area (Å²) in [7, 11) is 0. The largest absolute Gasteiger partial charge is 0.448 e. The second-order valence-corrected chi connectivity index (χ2v) is 13.0. The molecule has 4 aliphatic carbocycles. The highest BCUT2D eigenvalue weighted by molar-refractivity contribution is 7.80. The van der Waals surface area contributed by atoms with Crippen molar-refractivity contribution in [3.8, 4) is 0 Å². The maximum atomic E-state index is 17.6. The fourth-order valence-corrected chi connectivity index (χ4v) is 8.11. The van der Waals surface area contributed by atoms with Gasteiger partial charge >= 0.3 is 11.9 Å². The first-order valence-electron chi connectivity index (χ1n) is 14.1. The van der Waals surface area contributed by atoms with Gasteiger partial charge in [-0.05, 0) is 74.2 Å². The average molecular weight is 565 g/mol. The van der Waals surface area contributed by atoms with E-state index in [2.05, 4.69) is 0 Å². The fraction of sp³-hybridized carbons (Fsp3) is 0.733. The first kappa shape index (κ1) is 29.8. The molecule has 9 heteroatoms. The SMILES string of the molecule is CCC(=O)OC1=C[C@@]2(C)C(=CC1=O)CC[C@H]1[C@@H]3C[C@H](C)[C@H](C(=O)OC(C)OC(=S)C(C)C)[C@@]3(C)C[C@H](O)[C@@]12F. The third-order valence-corrected chi connectivity index (χ3v) is 10.4. The molecule has 7 nitrogen and oxygen atoms in total.